The minimum atomic E-state index is 0.487. The van der Waals surface area contributed by atoms with Gasteiger partial charge in [0.15, 0.2) is 0 Å². The summed E-state index contributed by atoms with van der Waals surface area (Å²) in [6.07, 6.45) is 6.50. The van der Waals surface area contributed by atoms with E-state index < -0.39 is 0 Å². The van der Waals surface area contributed by atoms with Gasteiger partial charge in [0, 0.05) is 17.9 Å². The highest BCUT2D eigenvalue weighted by Gasteiger charge is 2.35. The summed E-state index contributed by atoms with van der Waals surface area (Å²) < 4.78 is 0. The third-order valence-corrected chi connectivity index (χ3v) is 5.02. The molecule has 1 aromatic rings. The van der Waals surface area contributed by atoms with E-state index in [1.165, 1.54) is 24.8 Å². The molecule has 0 aliphatic heterocycles. The van der Waals surface area contributed by atoms with Crippen LogP contribution in [-0.2, 0) is 4.79 Å². The highest BCUT2D eigenvalue weighted by Crippen LogP contribution is 2.45. The first-order valence-electron chi connectivity index (χ1n) is 6.99. The molecule has 0 radical (unpaired) electrons. The van der Waals surface area contributed by atoms with Gasteiger partial charge in [0.2, 0.25) is 0 Å². The molecule has 0 amide bonds. The molecule has 96 valence electrons. The lowest BCUT2D eigenvalue weighted by molar-refractivity contribution is -0.123. The normalized spacial score (nSPS) is 32.1. The second kappa shape index (κ2) is 5.05. The van der Waals surface area contributed by atoms with Crippen LogP contribution in [0.2, 0.25) is 5.02 Å². The Labute approximate surface area is 114 Å². The van der Waals surface area contributed by atoms with Crippen LogP contribution in [0.3, 0.4) is 0 Å². The van der Waals surface area contributed by atoms with Crippen molar-refractivity contribution in [1.82, 2.24) is 0 Å². The van der Waals surface area contributed by atoms with E-state index in [1.54, 1.807) is 0 Å². The van der Waals surface area contributed by atoms with Crippen molar-refractivity contribution < 1.29 is 4.79 Å². The van der Waals surface area contributed by atoms with Crippen molar-refractivity contribution in [3.8, 4) is 0 Å². The molecule has 1 nitrogen and oxygen atoms in total. The van der Waals surface area contributed by atoms with Crippen LogP contribution in [0.1, 0.15) is 50.0 Å². The van der Waals surface area contributed by atoms with Crippen LogP contribution in [0, 0.1) is 11.8 Å². The molecule has 2 fully saturated rings. The highest BCUT2D eigenvalue weighted by molar-refractivity contribution is 6.30. The van der Waals surface area contributed by atoms with Crippen LogP contribution < -0.4 is 0 Å². The van der Waals surface area contributed by atoms with E-state index in [4.69, 9.17) is 11.6 Å². The molecular formula is C16H19ClO. The summed E-state index contributed by atoms with van der Waals surface area (Å²) >= 11 is 5.94. The summed E-state index contributed by atoms with van der Waals surface area (Å²) in [6.45, 7) is 0. The minimum Gasteiger partial charge on any atom is -0.300 e. The van der Waals surface area contributed by atoms with E-state index in [1.807, 2.05) is 12.1 Å². The van der Waals surface area contributed by atoms with E-state index in [-0.39, 0.29) is 0 Å². The first-order chi connectivity index (χ1) is 8.72. The van der Waals surface area contributed by atoms with Crippen LogP contribution in [-0.4, -0.2) is 5.78 Å². The summed E-state index contributed by atoms with van der Waals surface area (Å²) in [7, 11) is 0. The number of hydrogen-bond donors (Lipinski definition) is 0. The quantitative estimate of drug-likeness (QED) is 0.723. The van der Waals surface area contributed by atoms with Crippen molar-refractivity contribution in [3.05, 3.63) is 34.9 Å². The molecule has 0 bridgehead atoms. The SMILES string of the molecule is O=C1CCC2CC(c3ccc(Cl)cc3)CCC2C1. The maximum atomic E-state index is 11.5. The fourth-order valence-corrected chi connectivity index (χ4v) is 3.85. The van der Waals surface area contributed by atoms with E-state index in [0.717, 1.165) is 30.2 Å². The van der Waals surface area contributed by atoms with Crippen LogP contribution in [0.15, 0.2) is 24.3 Å². The molecular weight excluding hydrogens is 244 g/mol. The summed E-state index contributed by atoms with van der Waals surface area (Å²) in [5.41, 5.74) is 1.43. The average Bonchev–Trinajstić information content (AvgIpc) is 2.39. The summed E-state index contributed by atoms with van der Waals surface area (Å²) in [4.78, 5) is 11.5. The zero-order valence-corrected chi connectivity index (χ0v) is 11.3. The molecule has 1 aromatic carbocycles. The summed E-state index contributed by atoms with van der Waals surface area (Å²) in [6, 6.07) is 8.32. The van der Waals surface area contributed by atoms with Gasteiger partial charge in [0.05, 0.1) is 0 Å². The lowest BCUT2D eigenvalue weighted by atomic mass is 9.66. The Bertz CT molecular complexity index is 437. The van der Waals surface area contributed by atoms with Gasteiger partial charge in [-0.1, -0.05) is 23.7 Å². The predicted molar refractivity (Wildman–Crippen MR) is 73.9 cm³/mol. The third-order valence-electron chi connectivity index (χ3n) is 4.77. The smallest absolute Gasteiger partial charge is 0.133 e. The molecule has 2 aliphatic carbocycles. The lowest BCUT2D eigenvalue weighted by Gasteiger charge is -2.39. The maximum absolute atomic E-state index is 11.5. The van der Waals surface area contributed by atoms with E-state index in [2.05, 4.69) is 12.1 Å². The Morgan fingerprint density at radius 3 is 2.56 bits per heavy atom. The first-order valence-corrected chi connectivity index (χ1v) is 7.37. The second-order valence-corrected chi connectivity index (χ2v) is 6.30. The monoisotopic (exact) mass is 262 g/mol. The number of ketones is 1. The van der Waals surface area contributed by atoms with Gasteiger partial charge in [-0.05, 0) is 61.1 Å². The fraction of sp³-hybridized carbons (Fsp3) is 0.562. The van der Waals surface area contributed by atoms with Crippen molar-refractivity contribution in [1.29, 1.82) is 0 Å². The Balaban J connectivity index is 1.70. The molecule has 2 heteroatoms. The Morgan fingerprint density at radius 1 is 1.00 bits per heavy atom. The van der Waals surface area contributed by atoms with Crippen LogP contribution in [0.4, 0.5) is 0 Å². The number of hydrogen-bond acceptors (Lipinski definition) is 1. The number of Topliss-reactive ketones (excluding diaryl/α,β-unsaturated/α-hetero) is 1. The molecule has 3 rings (SSSR count). The van der Waals surface area contributed by atoms with Gasteiger partial charge < -0.3 is 0 Å². The van der Waals surface area contributed by atoms with Gasteiger partial charge in [0.25, 0.3) is 0 Å². The van der Waals surface area contributed by atoms with E-state index in [0.29, 0.717) is 17.6 Å². The summed E-state index contributed by atoms with van der Waals surface area (Å²) in [5.74, 6) is 2.62. The number of halogens is 1. The van der Waals surface area contributed by atoms with Crippen molar-refractivity contribution in [2.45, 2.75) is 44.4 Å². The first kappa shape index (κ1) is 12.2. The van der Waals surface area contributed by atoms with Gasteiger partial charge in [-0.2, -0.15) is 0 Å². The number of rotatable bonds is 1. The predicted octanol–water partition coefficient (Wildman–Crippen LogP) is 4.59. The van der Waals surface area contributed by atoms with Crippen LogP contribution in [0.5, 0.6) is 0 Å². The largest absolute Gasteiger partial charge is 0.300 e. The molecule has 18 heavy (non-hydrogen) atoms. The van der Waals surface area contributed by atoms with E-state index in [9.17, 15) is 4.79 Å². The van der Waals surface area contributed by atoms with E-state index >= 15 is 0 Å². The molecule has 3 atom stereocenters. The zero-order valence-electron chi connectivity index (χ0n) is 10.6. The Morgan fingerprint density at radius 2 is 1.78 bits per heavy atom. The van der Waals surface area contributed by atoms with Gasteiger partial charge in [-0.25, -0.2) is 0 Å². The molecule has 2 aliphatic rings. The molecule has 3 unspecified atom stereocenters. The topological polar surface area (TPSA) is 17.1 Å². The van der Waals surface area contributed by atoms with Crippen molar-refractivity contribution in [3.63, 3.8) is 0 Å². The Hall–Kier alpha value is -0.820. The maximum Gasteiger partial charge on any atom is 0.133 e. The summed E-state index contributed by atoms with van der Waals surface area (Å²) in [5, 5.41) is 0.815. The van der Waals surface area contributed by atoms with Crippen molar-refractivity contribution in [2.75, 3.05) is 0 Å². The van der Waals surface area contributed by atoms with Crippen molar-refractivity contribution >= 4 is 17.4 Å². The molecule has 0 aromatic heterocycles. The average molecular weight is 263 g/mol. The molecule has 0 N–H and O–H groups in total. The van der Waals surface area contributed by atoms with Crippen molar-refractivity contribution in [2.24, 2.45) is 11.8 Å². The van der Waals surface area contributed by atoms with Crippen LogP contribution in [0.25, 0.3) is 0 Å². The molecule has 0 spiro atoms. The number of fused-ring (bicyclic) bond motifs is 1. The second-order valence-electron chi connectivity index (χ2n) is 5.86. The van der Waals surface area contributed by atoms with Crippen LogP contribution >= 0.6 is 11.6 Å². The van der Waals surface area contributed by atoms with Gasteiger partial charge in [0.1, 0.15) is 5.78 Å². The number of carbonyl (C=O) groups excluding carboxylic acids is 1. The highest BCUT2D eigenvalue weighted by atomic mass is 35.5. The van der Waals surface area contributed by atoms with Gasteiger partial charge in [-0.3, -0.25) is 4.79 Å². The number of benzene rings is 1. The fourth-order valence-electron chi connectivity index (χ4n) is 3.73. The number of carbonyl (C=O) groups is 1. The third kappa shape index (κ3) is 2.47. The zero-order chi connectivity index (χ0) is 12.5. The molecule has 0 saturated heterocycles. The standard InChI is InChI=1S/C16H19ClO/c17-15-6-3-11(4-7-15)12-1-2-14-10-16(18)8-5-13(14)9-12/h3-4,6-7,12-14H,1-2,5,8-10H2. The Kier molecular flexibility index (Phi) is 3.43. The minimum absolute atomic E-state index is 0.487. The molecule has 0 heterocycles. The lowest BCUT2D eigenvalue weighted by Crippen LogP contribution is -2.30. The van der Waals surface area contributed by atoms with Gasteiger partial charge >= 0.3 is 0 Å². The molecule has 2 saturated carbocycles. The van der Waals surface area contributed by atoms with Gasteiger partial charge in [-0.15, -0.1) is 0 Å².